The minimum Gasteiger partial charge on any atom is -0.497 e. The Hall–Kier alpha value is -5.39. The van der Waals surface area contributed by atoms with Crippen molar-refractivity contribution in [3.05, 3.63) is 102 Å². The summed E-state index contributed by atoms with van der Waals surface area (Å²) < 4.78 is 45.7. The Kier molecular flexibility index (Phi) is 12.0. The molecule has 5 heterocycles. The third-order valence-electron chi connectivity index (χ3n) is 10.9. The van der Waals surface area contributed by atoms with E-state index in [1.165, 1.54) is 4.31 Å². The lowest BCUT2D eigenvalue weighted by Crippen LogP contribution is -2.49. The van der Waals surface area contributed by atoms with E-state index in [2.05, 4.69) is 19.6 Å². The van der Waals surface area contributed by atoms with Gasteiger partial charge in [-0.05, 0) is 60.0 Å². The number of ether oxygens (including phenoxy) is 3. The van der Waals surface area contributed by atoms with E-state index in [1.54, 1.807) is 32.4 Å². The number of benzene rings is 3. The maximum atomic E-state index is 13.9. The molecule has 0 bridgehead atoms. The molecule has 2 fully saturated rings. The lowest BCUT2D eigenvalue weighted by atomic mass is 10.1. The second kappa shape index (κ2) is 17.6. The van der Waals surface area contributed by atoms with Gasteiger partial charge in [0.1, 0.15) is 17.3 Å². The van der Waals surface area contributed by atoms with E-state index in [0.717, 1.165) is 51.0 Å². The highest BCUT2D eigenvalue weighted by Crippen LogP contribution is 2.40. The van der Waals surface area contributed by atoms with Crippen molar-refractivity contribution in [2.75, 3.05) is 101 Å². The second-order valence-electron chi connectivity index (χ2n) is 14.5. The van der Waals surface area contributed by atoms with Crippen molar-refractivity contribution in [2.24, 2.45) is 0 Å². The van der Waals surface area contributed by atoms with Crippen LogP contribution < -0.4 is 24.2 Å². The summed E-state index contributed by atoms with van der Waals surface area (Å²) in [5.74, 6) is 3.48. The summed E-state index contributed by atoms with van der Waals surface area (Å²) in [7, 11) is -0.417. The molecule has 15 nitrogen and oxygen atoms in total. The standard InChI is InChI=1S/C42H49N9O6S/c1-55-35-10-6-31(7-11-35)29-49(30-32-8-12-36(56-2)13-9-32)41-43-27-33(28-44-41)39-38-14-15-51(40(38)46-42(45-39)48-21-24-57-25-22-48)34-4-3-5-37(26-34)58(53,54)50-18-16-47(17-19-50)20-23-52/h3-13,26-28,52H,14-25,29-30H2,1-2H3. The monoisotopic (exact) mass is 807 g/mol. The number of piperazine rings is 1. The summed E-state index contributed by atoms with van der Waals surface area (Å²) in [5.41, 5.74) is 5.39. The fourth-order valence-electron chi connectivity index (χ4n) is 7.64. The van der Waals surface area contributed by atoms with Crippen molar-refractivity contribution < 1.29 is 27.7 Å². The molecule has 0 atom stereocenters. The molecule has 0 spiro atoms. The van der Waals surface area contributed by atoms with E-state index >= 15 is 0 Å². The number of rotatable bonds is 14. The summed E-state index contributed by atoms with van der Waals surface area (Å²) >= 11 is 0. The molecule has 8 rings (SSSR count). The number of morpholine rings is 1. The second-order valence-corrected chi connectivity index (χ2v) is 16.4. The Balaban J connectivity index is 1.11. The number of aromatic nitrogens is 4. The maximum Gasteiger partial charge on any atom is 0.243 e. The van der Waals surface area contributed by atoms with Crippen LogP contribution in [0.1, 0.15) is 16.7 Å². The van der Waals surface area contributed by atoms with Gasteiger partial charge in [0.15, 0.2) is 0 Å². The van der Waals surface area contributed by atoms with Crippen LogP contribution in [0.15, 0.2) is 90.1 Å². The molecule has 3 aliphatic heterocycles. The molecule has 0 aliphatic carbocycles. The van der Waals surface area contributed by atoms with Crippen LogP contribution in [-0.2, 0) is 34.3 Å². The van der Waals surface area contributed by atoms with Gasteiger partial charge in [-0.15, -0.1) is 0 Å². The minimum atomic E-state index is -3.73. The van der Waals surface area contributed by atoms with Gasteiger partial charge in [0.05, 0.1) is 44.6 Å². The lowest BCUT2D eigenvalue weighted by molar-refractivity contribution is 0.122. The van der Waals surface area contributed by atoms with Crippen LogP contribution in [0.5, 0.6) is 11.5 Å². The summed E-state index contributed by atoms with van der Waals surface area (Å²) in [4.78, 5) is 28.8. The van der Waals surface area contributed by atoms with Crippen molar-refractivity contribution in [2.45, 2.75) is 24.4 Å². The summed E-state index contributed by atoms with van der Waals surface area (Å²) in [6, 6.07) is 23.1. The van der Waals surface area contributed by atoms with E-state index in [9.17, 15) is 13.5 Å². The van der Waals surface area contributed by atoms with Crippen LogP contribution >= 0.6 is 0 Å². The minimum absolute atomic E-state index is 0.0539. The molecule has 0 amide bonds. The molecule has 5 aromatic rings. The Morgan fingerprint density at radius 1 is 0.793 bits per heavy atom. The number of β-amino-alcohol motifs (C(OH)–C–C–N with tert-alkyl or cyclic N) is 1. The van der Waals surface area contributed by atoms with Crippen LogP contribution in [-0.4, -0.2) is 129 Å². The fourth-order valence-corrected chi connectivity index (χ4v) is 9.10. The predicted octanol–water partition coefficient (Wildman–Crippen LogP) is 3.99. The number of anilines is 4. The number of sulfonamides is 1. The highest BCUT2D eigenvalue weighted by atomic mass is 32.2. The Labute approximate surface area is 339 Å². The predicted molar refractivity (Wildman–Crippen MR) is 221 cm³/mol. The number of methoxy groups -OCH3 is 2. The van der Waals surface area contributed by atoms with Crippen LogP contribution in [0.25, 0.3) is 11.3 Å². The topological polar surface area (TPSA) is 150 Å². The molecule has 1 N–H and O–H groups in total. The molecular formula is C42H49N9O6S. The van der Waals surface area contributed by atoms with Crippen LogP contribution in [0.4, 0.5) is 23.4 Å². The fraction of sp³-hybridized carbons (Fsp3) is 0.381. The van der Waals surface area contributed by atoms with Gasteiger partial charge in [0.25, 0.3) is 0 Å². The van der Waals surface area contributed by atoms with Gasteiger partial charge in [-0.25, -0.2) is 23.4 Å². The first kappa shape index (κ1) is 39.4. The average Bonchev–Trinajstić information content (AvgIpc) is 3.71. The molecule has 0 saturated carbocycles. The first-order chi connectivity index (χ1) is 28.3. The Bertz CT molecular complexity index is 2220. The maximum absolute atomic E-state index is 13.9. The Morgan fingerprint density at radius 3 is 2.03 bits per heavy atom. The Morgan fingerprint density at radius 2 is 1.43 bits per heavy atom. The number of nitrogens with zero attached hydrogens (tertiary/aromatic N) is 9. The van der Waals surface area contributed by atoms with Gasteiger partial charge in [0, 0.05) is 94.7 Å². The molecule has 2 aromatic heterocycles. The highest BCUT2D eigenvalue weighted by molar-refractivity contribution is 7.89. The van der Waals surface area contributed by atoms with E-state index in [0.29, 0.717) is 97.0 Å². The van der Waals surface area contributed by atoms with E-state index < -0.39 is 10.0 Å². The SMILES string of the molecule is COc1ccc(CN(Cc2ccc(OC)cc2)c2ncc(-c3nc(N4CCOCC4)nc4c3CCN4c3cccc(S(=O)(=O)N4CCN(CCO)CC4)c3)cn2)cc1. The molecule has 0 unspecified atom stereocenters. The molecule has 16 heteroatoms. The zero-order valence-electron chi connectivity index (χ0n) is 32.9. The molecule has 304 valence electrons. The van der Waals surface area contributed by atoms with Gasteiger partial charge < -0.3 is 34.0 Å². The highest BCUT2D eigenvalue weighted by Gasteiger charge is 2.32. The smallest absolute Gasteiger partial charge is 0.243 e. The number of hydrogen-bond acceptors (Lipinski definition) is 14. The third kappa shape index (κ3) is 8.56. The van der Waals surface area contributed by atoms with Crippen LogP contribution in [0.3, 0.4) is 0 Å². The molecule has 0 radical (unpaired) electrons. The first-order valence-corrected chi connectivity index (χ1v) is 21.0. The molecule has 3 aliphatic rings. The van der Waals surface area contributed by atoms with E-state index in [4.69, 9.17) is 34.1 Å². The lowest BCUT2D eigenvalue weighted by Gasteiger charge is -2.33. The summed E-state index contributed by atoms with van der Waals surface area (Å²) in [6.45, 7) is 6.70. The normalized spacial score (nSPS) is 16.3. The van der Waals surface area contributed by atoms with Gasteiger partial charge in [-0.3, -0.25) is 4.90 Å². The van der Waals surface area contributed by atoms with Crippen molar-refractivity contribution in [1.82, 2.24) is 29.1 Å². The number of aliphatic hydroxyl groups excluding tert-OH is 1. The van der Waals surface area contributed by atoms with E-state index in [-0.39, 0.29) is 11.5 Å². The first-order valence-electron chi connectivity index (χ1n) is 19.6. The zero-order chi connectivity index (χ0) is 40.1. The molecule has 2 saturated heterocycles. The number of hydrogen-bond donors (Lipinski definition) is 1. The summed E-state index contributed by atoms with van der Waals surface area (Å²) in [5, 5.41) is 9.34. The van der Waals surface area contributed by atoms with Gasteiger partial charge in [0.2, 0.25) is 21.9 Å². The molecule has 58 heavy (non-hydrogen) atoms. The quantitative estimate of drug-likeness (QED) is 0.172. The van der Waals surface area contributed by atoms with Crippen molar-refractivity contribution in [3.8, 4) is 22.8 Å². The van der Waals surface area contributed by atoms with Crippen molar-refractivity contribution in [3.63, 3.8) is 0 Å². The number of fused-ring (bicyclic) bond motifs is 1. The largest absolute Gasteiger partial charge is 0.497 e. The zero-order valence-corrected chi connectivity index (χ0v) is 33.7. The van der Waals surface area contributed by atoms with Gasteiger partial charge in [-0.1, -0.05) is 30.3 Å². The van der Waals surface area contributed by atoms with Crippen LogP contribution in [0, 0.1) is 0 Å². The van der Waals surface area contributed by atoms with Gasteiger partial charge in [-0.2, -0.15) is 9.29 Å². The molecular weight excluding hydrogens is 759 g/mol. The van der Waals surface area contributed by atoms with Crippen molar-refractivity contribution >= 4 is 33.4 Å². The van der Waals surface area contributed by atoms with Crippen LogP contribution in [0.2, 0.25) is 0 Å². The van der Waals surface area contributed by atoms with E-state index in [1.807, 2.05) is 67.0 Å². The van der Waals surface area contributed by atoms with Gasteiger partial charge >= 0.3 is 0 Å². The average molecular weight is 808 g/mol. The van der Waals surface area contributed by atoms with Crippen molar-refractivity contribution in [1.29, 1.82) is 0 Å². The third-order valence-corrected chi connectivity index (χ3v) is 12.8. The summed E-state index contributed by atoms with van der Waals surface area (Å²) in [6.07, 6.45) is 4.32. The number of aliphatic hydroxyl groups is 1. The molecule has 3 aromatic carbocycles.